The van der Waals surface area contributed by atoms with Crippen LogP contribution in [0.1, 0.15) is 56.1 Å². The Bertz CT molecular complexity index is 646. The van der Waals surface area contributed by atoms with Crippen molar-refractivity contribution < 1.29 is 4.79 Å². The zero-order chi connectivity index (χ0) is 16.9. The van der Waals surface area contributed by atoms with Gasteiger partial charge in [0.2, 0.25) is 0 Å². The van der Waals surface area contributed by atoms with Crippen molar-refractivity contribution in [3.8, 4) is 0 Å². The van der Waals surface area contributed by atoms with E-state index in [-0.39, 0.29) is 11.8 Å². The maximum absolute atomic E-state index is 12.0. The number of rotatable bonds is 7. The summed E-state index contributed by atoms with van der Waals surface area (Å²) < 4.78 is 0. The fourth-order valence-corrected chi connectivity index (χ4v) is 3.99. The largest absolute Gasteiger partial charge is 0.344 e. The molecule has 0 amide bonds. The highest BCUT2D eigenvalue weighted by atomic mass is 16.1. The first-order chi connectivity index (χ1) is 11.8. The van der Waals surface area contributed by atoms with Crippen molar-refractivity contribution in [3.05, 3.63) is 59.7 Å². The number of nitrogens with zero attached hydrogens (tertiary/aromatic N) is 1. The lowest BCUT2D eigenvalue weighted by atomic mass is 9.75. The summed E-state index contributed by atoms with van der Waals surface area (Å²) in [7, 11) is 2.12. The third-order valence-electron chi connectivity index (χ3n) is 5.26. The van der Waals surface area contributed by atoms with E-state index in [1.54, 1.807) is 0 Å². The van der Waals surface area contributed by atoms with E-state index >= 15 is 0 Å². The Labute approximate surface area is 145 Å². The molecule has 1 heterocycles. The maximum atomic E-state index is 12.0. The van der Waals surface area contributed by atoms with Gasteiger partial charge in [-0.1, -0.05) is 69.0 Å². The van der Waals surface area contributed by atoms with Gasteiger partial charge < -0.3 is 9.69 Å². The molecule has 0 aromatic heterocycles. The van der Waals surface area contributed by atoms with Gasteiger partial charge in [-0.2, -0.15) is 0 Å². The Kier molecular flexibility index (Phi) is 5.34. The second kappa shape index (κ2) is 7.65. The number of anilines is 2. The van der Waals surface area contributed by atoms with Crippen LogP contribution in [-0.2, 0) is 4.79 Å². The molecule has 24 heavy (non-hydrogen) atoms. The van der Waals surface area contributed by atoms with Gasteiger partial charge in [0.25, 0.3) is 0 Å². The van der Waals surface area contributed by atoms with Gasteiger partial charge in [0.1, 0.15) is 6.29 Å². The molecule has 0 saturated carbocycles. The van der Waals surface area contributed by atoms with E-state index < -0.39 is 0 Å². The van der Waals surface area contributed by atoms with Crippen molar-refractivity contribution in [2.24, 2.45) is 5.92 Å². The molecule has 0 saturated heterocycles. The lowest BCUT2D eigenvalue weighted by Gasteiger charge is -2.37. The highest BCUT2D eigenvalue weighted by Crippen LogP contribution is 2.48. The zero-order valence-electron chi connectivity index (χ0n) is 14.7. The molecule has 0 unspecified atom stereocenters. The molecule has 1 aliphatic rings. The number of hydrogen-bond donors (Lipinski definition) is 0. The van der Waals surface area contributed by atoms with Crippen LogP contribution in [0.5, 0.6) is 0 Å². The molecule has 0 spiro atoms. The highest BCUT2D eigenvalue weighted by Gasteiger charge is 2.33. The minimum absolute atomic E-state index is 0.0536. The van der Waals surface area contributed by atoms with E-state index in [0.717, 1.165) is 12.8 Å². The van der Waals surface area contributed by atoms with Crippen LogP contribution >= 0.6 is 0 Å². The fraction of sp³-hybridized carbons (Fsp3) is 0.409. The molecule has 2 heteroatoms. The SMILES string of the molecule is CCCCCC[C@H](C=O)C1c2ccccc2N(C)c2ccccc21. The van der Waals surface area contributed by atoms with E-state index in [9.17, 15) is 4.79 Å². The molecule has 2 nitrogen and oxygen atoms in total. The molecule has 0 fully saturated rings. The van der Waals surface area contributed by atoms with Crippen molar-refractivity contribution in [2.45, 2.75) is 44.9 Å². The third kappa shape index (κ3) is 3.10. The Hall–Kier alpha value is -2.09. The minimum atomic E-state index is 0.0536. The Morgan fingerprint density at radius 3 is 2.08 bits per heavy atom. The Balaban J connectivity index is 1.97. The molecule has 126 valence electrons. The first-order valence-corrected chi connectivity index (χ1v) is 9.14. The van der Waals surface area contributed by atoms with Crippen LogP contribution in [-0.4, -0.2) is 13.3 Å². The number of para-hydroxylation sites is 2. The van der Waals surface area contributed by atoms with E-state index in [4.69, 9.17) is 0 Å². The van der Waals surface area contributed by atoms with E-state index in [2.05, 4.69) is 67.4 Å². The van der Waals surface area contributed by atoms with Crippen molar-refractivity contribution >= 4 is 17.7 Å². The molecule has 0 aliphatic carbocycles. The van der Waals surface area contributed by atoms with Gasteiger partial charge in [-0.25, -0.2) is 0 Å². The minimum Gasteiger partial charge on any atom is -0.344 e. The molecule has 0 radical (unpaired) electrons. The van der Waals surface area contributed by atoms with E-state index in [1.165, 1.54) is 48.1 Å². The summed E-state index contributed by atoms with van der Waals surface area (Å²) in [6.07, 6.45) is 7.00. The number of carbonyl (C=O) groups is 1. The van der Waals surface area contributed by atoms with Crippen LogP contribution in [0.3, 0.4) is 0 Å². The summed E-state index contributed by atoms with van der Waals surface area (Å²) in [6, 6.07) is 17.0. The van der Waals surface area contributed by atoms with Crippen molar-refractivity contribution in [1.29, 1.82) is 0 Å². The van der Waals surface area contributed by atoms with Crippen molar-refractivity contribution in [3.63, 3.8) is 0 Å². The van der Waals surface area contributed by atoms with Crippen LogP contribution < -0.4 is 4.90 Å². The van der Waals surface area contributed by atoms with Crippen LogP contribution in [0.25, 0.3) is 0 Å². The smallest absolute Gasteiger partial charge is 0.124 e. The quantitative estimate of drug-likeness (QED) is 0.482. The standard InChI is InChI=1S/C22H27NO/c1-3-4-5-6-11-17(16-24)22-18-12-7-9-14-20(18)23(2)21-15-10-8-13-19(21)22/h7-10,12-17,22H,3-6,11H2,1-2H3/t17-/m1/s1. The fourth-order valence-electron chi connectivity index (χ4n) is 3.99. The summed E-state index contributed by atoms with van der Waals surface area (Å²) in [4.78, 5) is 14.2. The van der Waals surface area contributed by atoms with Gasteiger partial charge >= 0.3 is 0 Å². The topological polar surface area (TPSA) is 20.3 Å². The number of fused-ring (bicyclic) bond motifs is 2. The van der Waals surface area contributed by atoms with Crippen LogP contribution in [0.2, 0.25) is 0 Å². The molecule has 1 atom stereocenters. The highest BCUT2D eigenvalue weighted by molar-refractivity contribution is 5.77. The Morgan fingerprint density at radius 1 is 0.958 bits per heavy atom. The summed E-state index contributed by atoms with van der Waals surface area (Å²) in [5.41, 5.74) is 5.01. The molecule has 0 N–H and O–H groups in total. The van der Waals surface area contributed by atoms with Gasteiger partial charge in [-0.15, -0.1) is 0 Å². The summed E-state index contributed by atoms with van der Waals surface area (Å²) in [5.74, 6) is 0.227. The monoisotopic (exact) mass is 321 g/mol. The molecular weight excluding hydrogens is 294 g/mol. The molecule has 2 aromatic carbocycles. The van der Waals surface area contributed by atoms with Crippen LogP contribution in [0.4, 0.5) is 11.4 Å². The average molecular weight is 321 g/mol. The van der Waals surface area contributed by atoms with Gasteiger partial charge in [0, 0.05) is 30.3 Å². The second-order valence-electron chi connectivity index (χ2n) is 6.80. The molecule has 3 rings (SSSR count). The van der Waals surface area contributed by atoms with Gasteiger partial charge in [-0.3, -0.25) is 0 Å². The average Bonchev–Trinajstić information content (AvgIpc) is 2.63. The normalized spacial score (nSPS) is 14.8. The molecule has 0 bridgehead atoms. The number of unbranched alkanes of at least 4 members (excludes halogenated alkanes) is 3. The lowest BCUT2D eigenvalue weighted by molar-refractivity contribution is -0.111. The Morgan fingerprint density at radius 2 is 1.54 bits per heavy atom. The summed E-state index contributed by atoms with van der Waals surface area (Å²) >= 11 is 0. The molecule has 2 aromatic rings. The number of carbonyl (C=O) groups excluding carboxylic acids is 1. The van der Waals surface area contributed by atoms with Crippen LogP contribution in [0, 0.1) is 5.92 Å². The predicted octanol–water partition coefficient (Wildman–Crippen LogP) is 5.69. The van der Waals surface area contributed by atoms with Gasteiger partial charge in [0.15, 0.2) is 0 Å². The first-order valence-electron chi connectivity index (χ1n) is 9.14. The van der Waals surface area contributed by atoms with Crippen LogP contribution in [0.15, 0.2) is 48.5 Å². The van der Waals surface area contributed by atoms with Gasteiger partial charge in [0.05, 0.1) is 0 Å². The lowest BCUT2D eigenvalue weighted by Crippen LogP contribution is -2.26. The number of benzene rings is 2. The molecular formula is C22H27NO. The maximum Gasteiger partial charge on any atom is 0.124 e. The van der Waals surface area contributed by atoms with Crippen molar-refractivity contribution in [1.82, 2.24) is 0 Å². The van der Waals surface area contributed by atoms with Gasteiger partial charge in [-0.05, 0) is 29.7 Å². The van der Waals surface area contributed by atoms with Crippen molar-refractivity contribution in [2.75, 3.05) is 11.9 Å². The van der Waals surface area contributed by atoms with E-state index in [0.29, 0.717) is 0 Å². The second-order valence-corrected chi connectivity index (χ2v) is 6.80. The third-order valence-corrected chi connectivity index (χ3v) is 5.26. The predicted molar refractivity (Wildman–Crippen MR) is 101 cm³/mol. The molecule has 1 aliphatic heterocycles. The zero-order valence-corrected chi connectivity index (χ0v) is 14.7. The number of aldehydes is 1. The summed E-state index contributed by atoms with van der Waals surface area (Å²) in [6.45, 7) is 2.22. The van der Waals surface area contributed by atoms with E-state index in [1.807, 2.05) is 0 Å². The first kappa shape index (κ1) is 16.8. The number of hydrogen-bond acceptors (Lipinski definition) is 2. The summed E-state index contributed by atoms with van der Waals surface area (Å²) in [5, 5.41) is 0.